The molecule has 1 aliphatic rings. The minimum atomic E-state index is -3.89. The first-order chi connectivity index (χ1) is 15.9. The van der Waals surface area contributed by atoms with Gasteiger partial charge >= 0.3 is 0 Å². The first-order valence-electron chi connectivity index (χ1n) is 11.5. The van der Waals surface area contributed by atoms with E-state index in [1.165, 1.54) is 16.4 Å². The molecule has 2 heterocycles. The van der Waals surface area contributed by atoms with Crippen LogP contribution in [0.4, 0.5) is 5.69 Å². The van der Waals surface area contributed by atoms with Gasteiger partial charge in [0, 0.05) is 57.0 Å². The van der Waals surface area contributed by atoms with Crippen LogP contribution in [-0.2, 0) is 27.8 Å². The average molecular weight is 492 g/mol. The van der Waals surface area contributed by atoms with Gasteiger partial charge in [-0.05, 0) is 44.2 Å². The topological polar surface area (TPSA) is 119 Å². The maximum absolute atomic E-state index is 13.1. The van der Waals surface area contributed by atoms with Gasteiger partial charge in [0.2, 0.25) is 15.9 Å². The molecule has 1 fully saturated rings. The number of amides is 1. The standard InChI is InChI=1S/C23H33N5O5S/c1-16(2)15-27-19(5)21(18(4)24-27)8-9-23(29)25-10-12-26(13-11-25)34(32,33)22-14-20(28(30)31)7-6-17(22)3/h6-7,14,16H,8-13,15H2,1-5H3. The van der Waals surface area contributed by atoms with Gasteiger partial charge in [0.15, 0.2) is 0 Å². The summed E-state index contributed by atoms with van der Waals surface area (Å²) >= 11 is 0. The molecule has 1 aliphatic heterocycles. The summed E-state index contributed by atoms with van der Waals surface area (Å²) in [5.74, 6) is 0.463. The molecular formula is C23H33N5O5S. The van der Waals surface area contributed by atoms with E-state index in [2.05, 4.69) is 18.9 Å². The number of benzene rings is 1. The zero-order chi connectivity index (χ0) is 25.2. The van der Waals surface area contributed by atoms with Crippen LogP contribution in [0.3, 0.4) is 0 Å². The second-order valence-corrected chi connectivity index (χ2v) is 11.1. The molecule has 1 aromatic heterocycles. The molecular weight excluding hydrogens is 458 g/mol. The number of aryl methyl sites for hydroxylation is 2. The van der Waals surface area contributed by atoms with E-state index < -0.39 is 14.9 Å². The Balaban J connectivity index is 1.62. The summed E-state index contributed by atoms with van der Waals surface area (Å²) in [6, 6.07) is 3.84. The van der Waals surface area contributed by atoms with Crippen molar-refractivity contribution in [3.63, 3.8) is 0 Å². The number of carbonyl (C=O) groups excluding carboxylic acids is 1. The largest absolute Gasteiger partial charge is 0.340 e. The van der Waals surface area contributed by atoms with Crippen molar-refractivity contribution in [2.75, 3.05) is 26.2 Å². The van der Waals surface area contributed by atoms with Crippen molar-refractivity contribution < 1.29 is 18.1 Å². The fourth-order valence-corrected chi connectivity index (χ4v) is 5.97. The fraction of sp³-hybridized carbons (Fsp3) is 0.565. The number of nitro benzene ring substituents is 1. The SMILES string of the molecule is Cc1ccc([N+](=O)[O-])cc1S(=O)(=O)N1CCN(C(=O)CCc2c(C)nn(CC(C)C)c2C)CC1. The molecule has 2 aromatic rings. The summed E-state index contributed by atoms with van der Waals surface area (Å²) in [6.45, 7) is 11.6. The number of sulfonamides is 1. The third-order valence-corrected chi connectivity index (χ3v) is 8.29. The predicted octanol–water partition coefficient (Wildman–Crippen LogP) is 2.84. The molecule has 0 aliphatic carbocycles. The Labute approximate surface area is 200 Å². The van der Waals surface area contributed by atoms with E-state index in [4.69, 9.17) is 0 Å². The number of nitrogens with zero attached hydrogens (tertiary/aromatic N) is 5. The Morgan fingerprint density at radius 2 is 1.79 bits per heavy atom. The van der Waals surface area contributed by atoms with E-state index in [0.29, 0.717) is 24.3 Å². The Morgan fingerprint density at radius 1 is 1.15 bits per heavy atom. The van der Waals surface area contributed by atoms with Crippen molar-refractivity contribution in [2.45, 2.75) is 58.9 Å². The number of piperazine rings is 1. The molecule has 3 rings (SSSR count). The van der Waals surface area contributed by atoms with Gasteiger partial charge in [0.25, 0.3) is 5.69 Å². The third kappa shape index (κ3) is 5.47. The van der Waals surface area contributed by atoms with E-state index in [1.54, 1.807) is 11.8 Å². The van der Waals surface area contributed by atoms with Crippen molar-refractivity contribution in [3.05, 3.63) is 50.8 Å². The summed E-state index contributed by atoms with van der Waals surface area (Å²) in [6.07, 6.45) is 0.936. The molecule has 11 heteroatoms. The summed E-state index contributed by atoms with van der Waals surface area (Å²) in [7, 11) is -3.89. The Hall–Kier alpha value is -2.79. The highest BCUT2D eigenvalue weighted by molar-refractivity contribution is 7.89. The number of aromatic nitrogens is 2. The maximum atomic E-state index is 13.1. The number of nitro groups is 1. The molecule has 1 amide bonds. The van der Waals surface area contributed by atoms with Crippen LogP contribution in [0.1, 0.15) is 42.8 Å². The summed E-state index contributed by atoms with van der Waals surface area (Å²) in [4.78, 5) is 24.9. The third-order valence-electron chi connectivity index (χ3n) is 6.25. The highest BCUT2D eigenvalue weighted by Crippen LogP contribution is 2.26. The normalized spacial score (nSPS) is 15.2. The predicted molar refractivity (Wildman–Crippen MR) is 128 cm³/mol. The van der Waals surface area contributed by atoms with Crippen LogP contribution in [0, 0.1) is 36.8 Å². The number of hydrogen-bond donors (Lipinski definition) is 0. The van der Waals surface area contributed by atoms with E-state index in [9.17, 15) is 23.3 Å². The number of rotatable bonds is 8. The minimum absolute atomic E-state index is 0.0148. The van der Waals surface area contributed by atoms with Crippen molar-refractivity contribution in [1.29, 1.82) is 0 Å². The molecule has 0 spiro atoms. The van der Waals surface area contributed by atoms with Crippen LogP contribution in [0.2, 0.25) is 0 Å². The number of non-ortho nitro benzene ring substituents is 1. The lowest BCUT2D eigenvalue weighted by molar-refractivity contribution is -0.385. The second-order valence-electron chi connectivity index (χ2n) is 9.22. The molecule has 1 saturated heterocycles. The van der Waals surface area contributed by atoms with Crippen LogP contribution in [-0.4, -0.2) is 64.4 Å². The quantitative estimate of drug-likeness (QED) is 0.414. The molecule has 34 heavy (non-hydrogen) atoms. The van der Waals surface area contributed by atoms with Crippen LogP contribution in [0.25, 0.3) is 0 Å². The zero-order valence-electron chi connectivity index (χ0n) is 20.4. The van der Waals surface area contributed by atoms with E-state index in [-0.39, 0.29) is 42.7 Å². The zero-order valence-corrected chi connectivity index (χ0v) is 21.3. The van der Waals surface area contributed by atoms with Gasteiger partial charge in [-0.1, -0.05) is 19.9 Å². The molecule has 0 atom stereocenters. The molecule has 186 valence electrons. The van der Waals surface area contributed by atoms with Crippen molar-refractivity contribution in [1.82, 2.24) is 19.0 Å². The van der Waals surface area contributed by atoms with Crippen LogP contribution >= 0.6 is 0 Å². The monoisotopic (exact) mass is 491 g/mol. The van der Waals surface area contributed by atoms with E-state index >= 15 is 0 Å². The van der Waals surface area contributed by atoms with Gasteiger partial charge in [-0.3, -0.25) is 19.6 Å². The van der Waals surface area contributed by atoms with Crippen LogP contribution < -0.4 is 0 Å². The molecule has 1 aromatic carbocycles. The van der Waals surface area contributed by atoms with Gasteiger partial charge in [0.05, 0.1) is 15.5 Å². The Kier molecular flexibility index (Phi) is 7.77. The number of hydrogen-bond acceptors (Lipinski definition) is 6. The van der Waals surface area contributed by atoms with Gasteiger partial charge in [-0.25, -0.2) is 8.42 Å². The Bertz CT molecular complexity index is 1180. The lowest BCUT2D eigenvalue weighted by Crippen LogP contribution is -2.50. The van der Waals surface area contributed by atoms with Gasteiger partial charge in [-0.2, -0.15) is 9.40 Å². The highest BCUT2D eigenvalue weighted by Gasteiger charge is 2.32. The fourth-order valence-electron chi connectivity index (χ4n) is 4.31. The lowest BCUT2D eigenvalue weighted by atomic mass is 10.1. The maximum Gasteiger partial charge on any atom is 0.270 e. The Morgan fingerprint density at radius 3 is 2.38 bits per heavy atom. The summed E-state index contributed by atoms with van der Waals surface area (Å²) in [5, 5.41) is 15.7. The average Bonchev–Trinajstić information content (AvgIpc) is 3.03. The van der Waals surface area contributed by atoms with Crippen molar-refractivity contribution in [2.24, 2.45) is 5.92 Å². The van der Waals surface area contributed by atoms with Crippen molar-refractivity contribution >= 4 is 21.6 Å². The van der Waals surface area contributed by atoms with E-state index in [0.717, 1.165) is 29.6 Å². The minimum Gasteiger partial charge on any atom is -0.340 e. The second kappa shape index (κ2) is 10.2. The van der Waals surface area contributed by atoms with Crippen LogP contribution in [0.15, 0.2) is 23.1 Å². The summed E-state index contributed by atoms with van der Waals surface area (Å²) < 4.78 is 29.5. The molecule has 0 bridgehead atoms. The van der Waals surface area contributed by atoms with Gasteiger partial charge < -0.3 is 4.90 Å². The summed E-state index contributed by atoms with van der Waals surface area (Å²) in [5.41, 5.74) is 3.31. The molecule has 10 nitrogen and oxygen atoms in total. The number of carbonyl (C=O) groups is 1. The molecule has 0 N–H and O–H groups in total. The molecule has 0 unspecified atom stereocenters. The van der Waals surface area contributed by atoms with Gasteiger partial charge in [0.1, 0.15) is 0 Å². The smallest absolute Gasteiger partial charge is 0.270 e. The van der Waals surface area contributed by atoms with E-state index in [1.807, 2.05) is 18.5 Å². The highest BCUT2D eigenvalue weighted by atomic mass is 32.2. The van der Waals surface area contributed by atoms with Crippen LogP contribution in [0.5, 0.6) is 0 Å². The lowest BCUT2D eigenvalue weighted by Gasteiger charge is -2.34. The first-order valence-corrected chi connectivity index (χ1v) is 12.9. The molecule has 0 saturated carbocycles. The van der Waals surface area contributed by atoms with Crippen molar-refractivity contribution in [3.8, 4) is 0 Å². The van der Waals surface area contributed by atoms with Gasteiger partial charge in [-0.15, -0.1) is 0 Å². The first kappa shape index (κ1) is 25.8. The molecule has 0 radical (unpaired) electrons.